The highest BCUT2D eigenvalue weighted by Gasteiger charge is 2.12. The van der Waals surface area contributed by atoms with Crippen LogP contribution in [0.3, 0.4) is 0 Å². The SMILES string of the molecule is CCCNc1cccc(C(=O)NC(C)Cc2cccs2)n1. The number of hydrogen-bond donors (Lipinski definition) is 2. The molecule has 1 unspecified atom stereocenters. The van der Waals surface area contributed by atoms with Crippen LogP contribution in [0.1, 0.15) is 35.6 Å². The number of thiophene rings is 1. The number of nitrogens with zero attached hydrogens (tertiary/aromatic N) is 1. The van der Waals surface area contributed by atoms with Crippen LogP contribution in [0.5, 0.6) is 0 Å². The second-order valence-electron chi connectivity index (χ2n) is 4.99. The highest BCUT2D eigenvalue weighted by molar-refractivity contribution is 7.09. The van der Waals surface area contributed by atoms with Crippen molar-refractivity contribution in [2.45, 2.75) is 32.7 Å². The molecule has 0 bridgehead atoms. The molecule has 1 atom stereocenters. The first kappa shape index (κ1) is 15.5. The number of amides is 1. The van der Waals surface area contributed by atoms with Crippen LogP contribution in [0.4, 0.5) is 5.82 Å². The molecule has 2 aromatic rings. The first-order chi connectivity index (χ1) is 10.2. The maximum atomic E-state index is 12.2. The topological polar surface area (TPSA) is 54.0 Å². The molecule has 1 amide bonds. The van der Waals surface area contributed by atoms with Gasteiger partial charge in [-0.25, -0.2) is 4.98 Å². The van der Waals surface area contributed by atoms with E-state index in [1.54, 1.807) is 17.4 Å². The molecule has 2 N–H and O–H groups in total. The van der Waals surface area contributed by atoms with Gasteiger partial charge >= 0.3 is 0 Å². The van der Waals surface area contributed by atoms with Crippen molar-refractivity contribution in [3.8, 4) is 0 Å². The van der Waals surface area contributed by atoms with Gasteiger partial charge in [0.05, 0.1) is 0 Å². The Morgan fingerprint density at radius 3 is 2.90 bits per heavy atom. The molecule has 2 rings (SSSR count). The summed E-state index contributed by atoms with van der Waals surface area (Å²) in [7, 11) is 0. The molecule has 0 radical (unpaired) electrons. The van der Waals surface area contributed by atoms with Gasteiger partial charge in [-0.15, -0.1) is 11.3 Å². The average molecular weight is 303 g/mol. The molecule has 0 fully saturated rings. The van der Waals surface area contributed by atoms with Crippen molar-refractivity contribution in [3.63, 3.8) is 0 Å². The van der Waals surface area contributed by atoms with Gasteiger partial charge in [0.25, 0.3) is 5.91 Å². The van der Waals surface area contributed by atoms with E-state index in [0.717, 1.165) is 25.2 Å². The standard InChI is InChI=1S/C16H21N3OS/c1-3-9-17-15-8-4-7-14(19-15)16(20)18-12(2)11-13-6-5-10-21-13/h4-8,10,12H,3,9,11H2,1-2H3,(H,17,19)(H,18,20). The van der Waals surface area contributed by atoms with Gasteiger partial charge < -0.3 is 10.6 Å². The van der Waals surface area contributed by atoms with Gasteiger partial charge in [-0.05, 0) is 36.9 Å². The molecule has 0 aliphatic carbocycles. The lowest BCUT2D eigenvalue weighted by Crippen LogP contribution is -2.34. The van der Waals surface area contributed by atoms with Crippen LogP contribution in [-0.4, -0.2) is 23.5 Å². The Bertz CT molecular complexity index is 569. The fraction of sp³-hybridized carbons (Fsp3) is 0.375. The van der Waals surface area contributed by atoms with Gasteiger partial charge in [-0.1, -0.05) is 19.1 Å². The molecule has 21 heavy (non-hydrogen) atoms. The molecular formula is C16H21N3OS. The number of rotatable bonds is 7. The summed E-state index contributed by atoms with van der Waals surface area (Å²) < 4.78 is 0. The van der Waals surface area contributed by atoms with E-state index in [2.05, 4.69) is 28.6 Å². The van der Waals surface area contributed by atoms with Crippen LogP contribution in [0.25, 0.3) is 0 Å². The van der Waals surface area contributed by atoms with Gasteiger partial charge in [0.1, 0.15) is 11.5 Å². The van der Waals surface area contributed by atoms with Crippen LogP contribution < -0.4 is 10.6 Å². The molecule has 2 aromatic heterocycles. The van der Waals surface area contributed by atoms with Gasteiger partial charge in [0.15, 0.2) is 0 Å². The zero-order valence-electron chi connectivity index (χ0n) is 12.4. The van der Waals surface area contributed by atoms with Crippen LogP contribution in [-0.2, 0) is 6.42 Å². The third kappa shape index (κ3) is 4.86. The van der Waals surface area contributed by atoms with E-state index in [1.807, 2.05) is 30.5 Å². The van der Waals surface area contributed by atoms with E-state index in [0.29, 0.717) is 5.69 Å². The number of hydrogen-bond acceptors (Lipinski definition) is 4. The smallest absolute Gasteiger partial charge is 0.270 e. The lowest BCUT2D eigenvalue weighted by atomic mass is 10.2. The molecule has 0 aliphatic rings. The van der Waals surface area contributed by atoms with Crippen LogP contribution in [0.15, 0.2) is 35.7 Å². The van der Waals surface area contributed by atoms with Gasteiger partial charge in [0, 0.05) is 23.9 Å². The van der Waals surface area contributed by atoms with Gasteiger partial charge in [0.2, 0.25) is 0 Å². The highest BCUT2D eigenvalue weighted by Crippen LogP contribution is 2.11. The molecule has 5 heteroatoms. The summed E-state index contributed by atoms with van der Waals surface area (Å²) in [6.07, 6.45) is 1.87. The third-order valence-electron chi connectivity index (χ3n) is 3.00. The normalized spacial score (nSPS) is 11.9. The summed E-state index contributed by atoms with van der Waals surface area (Å²) >= 11 is 1.71. The highest BCUT2D eigenvalue weighted by atomic mass is 32.1. The van der Waals surface area contributed by atoms with E-state index in [4.69, 9.17) is 0 Å². The predicted molar refractivity (Wildman–Crippen MR) is 88.0 cm³/mol. The molecule has 0 saturated carbocycles. The molecule has 0 spiro atoms. The second-order valence-corrected chi connectivity index (χ2v) is 6.03. The Labute approximate surface area is 129 Å². The van der Waals surface area contributed by atoms with Crippen molar-refractivity contribution in [1.29, 1.82) is 0 Å². The number of aromatic nitrogens is 1. The Morgan fingerprint density at radius 1 is 1.33 bits per heavy atom. The Morgan fingerprint density at radius 2 is 2.19 bits per heavy atom. The quantitative estimate of drug-likeness (QED) is 0.825. The first-order valence-electron chi connectivity index (χ1n) is 7.23. The lowest BCUT2D eigenvalue weighted by Gasteiger charge is -2.13. The fourth-order valence-electron chi connectivity index (χ4n) is 1.99. The van der Waals surface area contributed by atoms with Crippen molar-refractivity contribution in [2.24, 2.45) is 0 Å². The molecule has 0 aliphatic heterocycles. The molecule has 0 aromatic carbocycles. The minimum Gasteiger partial charge on any atom is -0.370 e. The van der Waals surface area contributed by atoms with Crippen molar-refractivity contribution in [1.82, 2.24) is 10.3 Å². The summed E-state index contributed by atoms with van der Waals surface area (Å²) in [5, 5.41) is 8.23. The predicted octanol–water partition coefficient (Wildman–Crippen LogP) is 3.33. The summed E-state index contributed by atoms with van der Waals surface area (Å²) in [6.45, 7) is 4.96. The van der Waals surface area contributed by atoms with Crippen molar-refractivity contribution < 1.29 is 4.79 Å². The minimum atomic E-state index is -0.126. The zero-order valence-corrected chi connectivity index (χ0v) is 13.2. The lowest BCUT2D eigenvalue weighted by molar-refractivity contribution is 0.0935. The Hall–Kier alpha value is -1.88. The van der Waals surface area contributed by atoms with E-state index in [1.165, 1.54) is 4.88 Å². The summed E-state index contributed by atoms with van der Waals surface area (Å²) in [4.78, 5) is 17.8. The minimum absolute atomic E-state index is 0.0882. The summed E-state index contributed by atoms with van der Waals surface area (Å²) in [5.74, 6) is 0.620. The van der Waals surface area contributed by atoms with Gasteiger partial charge in [-0.3, -0.25) is 4.79 Å². The average Bonchev–Trinajstić information content (AvgIpc) is 2.98. The van der Waals surface area contributed by atoms with Crippen molar-refractivity contribution in [2.75, 3.05) is 11.9 Å². The van der Waals surface area contributed by atoms with Crippen molar-refractivity contribution in [3.05, 3.63) is 46.3 Å². The second kappa shape index (κ2) is 7.78. The number of nitrogens with one attached hydrogen (secondary N) is 2. The molecular weight excluding hydrogens is 282 g/mol. The zero-order chi connectivity index (χ0) is 15.1. The summed E-state index contributed by atoms with van der Waals surface area (Å²) in [5.41, 5.74) is 0.453. The molecule has 4 nitrogen and oxygen atoms in total. The van der Waals surface area contributed by atoms with E-state index >= 15 is 0 Å². The largest absolute Gasteiger partial charge is 0.370 e. The third-order valence-corrected chi connectivity index (χ3v) is 3.90. The van der Waals surface area contributed by atoms with E-state index in [-0.39, 0.29) is 11.9 Å². The maximum Gasteiger partial charge on any atom is 0.270 e. The Balaban J connectivity index is 1.93. The number of carbonyl (C=O) groups is 1. The van der Waals surface area contributed by atoms with E-state index in [9.17, 15) is 4.79 Å². The van der Waals surface area contributed by atoms with Crippen LogP contribution in [0, 0.1) is 0 Å². The number of anilines is 1. The molecule has 112 valence electrons. The van der Waals surface area contributed by atoms with Gasteiger partial charge in [-0.2, -0.15) is 0 Å². The van der Waals surface area contributed by atoms with Crippen LogP contribution in [0.2, 0.25) is 0 Å². The van der Waals surface area contributed by atoms with Crippen LogP contribution >= 0.6 is 11.3 Å². The molecule has 2 heterocycles. The summed E-state index contributed by atoms with van der Waals surface area (Å²) in [6, 6.07) is 9.67. The fourth-order valence-corrected chi connectivity index (χ4v) is 2.83. The first-order valence-corrected chi connectivity index (χ1v) is 8.11. The number of pyridine rings is 1. The Kier molecular flexibility index (Phi) is 5.75. The maximum absolute atomic E-state index is 12.2. The monoisotopic (exact) mass is 303 g/mol. The van der Waals surface area contributed by atoms with E-state index < -0.39 is 0 Å². The van der Waals surface area contributed by atoms with Crippen molar-refractivity contribution >= 4 is 23.1 Å². The molecule has 0 saturated heterocycles. The number of carbonyl (C=O) groups excluding carboxylic acids is 1.